The van der Waals surface area contributed by atoms with Crippen molar-refractivity contribution in [2.75, 3.05) is 20.6 Å². The number of likely N-dealkylation sites (N-methyl/N-ethyl adjacent to an activating group) is 1. The Morgan fingerprint density at radius 2 is 1.62 bits per heavy atom. The molecule has 0 radical (unpaired) electrons. The lowest BCUT2D eigenvalue weighted by atomic mass is 10.2. The molecule has 0 saturated heterocycles. The summed E-state index contributed by atoms with van der Waals surface area (Å²) in [6.45, 7) is 9.25. The molecule has 0 fully saturated rings. The van der Waals surface area contributed by atoms with Gasteiger partial charge in [0.05, 0.1) is 0 Å². The molecule has 0 unspecified atom stereocenters. The summed E-state index contributed by atoms with van der Waals surface area (Å²) >= 11 is 0. The lowest BCUT2D eigenvalue weighted by molar-refractivity contribution is -0.127. The third kappa shape index (κ3) is 10.8. The van der Waals surface area contributed by atoms with E-state index < -0.39 is 11.7 Å². The first-order valence-corrected chi connectivity index (χ1v) is 5.39. The van der Waals surface area contributed by atoms with Gasteiger partial charge < -0.3 is 15.0 Å². The summed E-state index contributed by atoms with van der Waals surface area (Å²) < 4.78 is 4.95. The molecule has 0 aliphatic heterocycles. The minimum atomic E-state index is -0.576. The number of carbonyl (C=O) groups excluding carboxylic acids is 2. The Hall–Kier alpha value is -1.26. The Kier molecular flexibility index (Phi) is 8.53. The van der Waals surface area contributed by atoms with E-state index in [1.807, 2.05) is 13.8 Å². The van der Waals surface area contributed by atoms with Crippen molar-refractivity contribution < 1.29 is 14.3 Å². The van der Waals surface area contributed by atoms with Gasteiger partial charge in [-0.1, -0.05) is 13.8 Å². The van der Waals surface area contributed by atoms with Gasteiger partial charge in [0.15, 0.2) is 0 Å². The van der Waals surface area contributed by atoms with Crippen LogP contribution in [0.1, 0.15) is 34.6 Å². The molecule has 0 aromatic carbocycles. The standard InChI is InChI=1S/C9H18N2O3.C2H6/c1-9(2,3)14-8(13)10-6-7(12)11(4)5;1-2/h6H2,1-5H3,(H,10,13);1-2H3. The second-order valence-electron chi connectivity index (χ2n) is 4.14. The first-order valence-electron chi connectivity index (χ1n) is 5.39. The average Bonchev–Trinajstić information content (AvgIpc) is 2.14. The number of carbonyl (C=O) groups is 2. The highest BCUT2D eigenvalue weighted by atomic mass is 16.6. The van der Waals surface area contributed by atoms with Crippen LogP contribution in [0.3, 0.4) is 0 Å². The fourth-order valence-corrected chi connectivity index (χ4v) is 0.620. The smallest absolute Gasteiger partial charge is 0.408 e. The van der Waals surface area contributed by atoms with E-state index in [1.54, 1.807) is 34.9 Å². The summed E-state index contributed by atoms with van der Waals surface area (Å²) in [7, 11) is 3.25. The van der Waals surface area contributed by atoms with Gasteiger partial charge in [-0.05, 0) is 20.8 Å². The molecular formula is C11H24N2O3. The number of nitrogens with zero attached hydrogens (tertiary/aromatic N) is 1. The first kappa shape index (κ1) is 17.1. The van der Waals surface area contributed by atoms with Gasteiger partial charge in [0.2, 0.25) is 5.91 Å². The van der Waals surface area contributed by atoms with Gasteiger partial charge >= 0.3 is 6.09 Å². The van der Waals surface area contributed by atoms with Crippen LogP contribution in [0, 0.1) is 0 Å². The molecule has 0 heterocycles. The van der Waals surface area contributed by atoms with Gasteiger partial charge in [-0.2, -0.15) is 0 Å². The minimum Gasteiger partial charge on any atom is -0.444 e. The van der Waals surface area contributed by atoms with Crippen LogP contribution in [-0.4, -0.2) is 43.1 Å². The molecule has 16 heavy (non-hydrogen) atoms. The quantitative estimate of drug-likeness (QED) is 0.787. The lowest BCUT2D eigenvalue weighted by Gasteiger charge is -2.20. The Balaban J connectivity index is 0. The number of nitrogens with one attached hydrogen (secondary N) is 1. The summed E-state index contributed by atoms with van der Waals surface area (Å²) in [6.07, 6.45) is -0.576. The Morgan fingerprint density at radius 3 is 1.94 bits per heavy atom. The van der Waals surface area contributed by atoms with Crippen LogP contribution < -0.4 is 5.32 Å². The summed E-state index contributed by atoms with van der Waals surface area (Å²) in [5.74, 6) is -0.171. The molecule has 0 aliphatic rings. The molecule has 5 heteroatoms. The molecule has 5 nitrogen and oxygen atoms in total. The molecule has 0 atom stereocenters. The van der Waals surface area contributed by atoms with Crippen molar-refractivity contribution in [3.8, 4) is 0 Å². The number of hydrogen-bond donors (Lipinski definition) is 1. The van der Waals surface area contributed by atoms with Gasteiger partial charge in [0.1, 0.15) is 12.1 Å². The van der Waals surface area contributed by atoms with Crippen LogP contribution in [0.15, 0.2) is 0 Å². The summed E-state index contributed by atoms with van der Waals surface area (Å²) in [6, 6.07) is 0. The highest BCUT2D eigenvalue weighted by Gasteiger charge is 2.16. The Morgan fingerprint density at radius 1 is 1.19 bits per heavy atom. The molecule has 0 spiro atoms. The Bertz CT molecular complexity index is 220. The molecule has 96 valence electrons. The number of amides is 2. The molecule has 1 N–H and O–H groups in total. The van der Waals surface area contributed by atoms with Gasteiger partial charge in [-0.15, -0.1) is 0 Å². The fourth-order valence-electron chi connectivity index (χ4n) is 0.620. The number of hydrogen-bond acceptors (Lipinski definition) is 3. The van der Waals surface area contributed by atoms with Crippen LogP contribution in [0.5, 0.6) is 0 Å². The van der Waals surface area contributed by atoms with Crippen molar-refractivity contribution in [2.45, 2.75) is 40.2 Å². The normalized spacial score (nSPS) is 9.69. The van der Waals surface area contributed by atoms with Gasteiger partial charge in [0.25, 0.3) is 0 Å². The highest BCUT2D eigenvalue weighted by molar-refractivity contribution is 5.81. The van der Waals surface area contributed by atoms with E-state index in [4.69, 9.17) is 4.74 Å². The first-order chi connectivity index (χ1) is 7.22. The molecule has 0 aliphatic carbocycles. The maximum Gasteiger partial charge on any atom is 0.408 e. The summed E-state index contributed by atoms with van der Waals surface area (Å²) in [4.78, 5) is 23.6. The van der Waals surface area contributed by atoms with E-state index in [9.17, 15) is 9.59 Å². The summed E-state index contributed by atoms with van der Waals surface area (Å²) in [5.41, 5.74) is -0.536. The number of alkyl carbamates (subject to hydrolysis) is 1. The molecule has 2 amide bonds. The van der Waals surface area contributed by atoms with Gasteiger partial charge in [0, 0.05) is 14.1 Å². The highest BCUT2D eigenvalue weighted by Crippen LogP contribution is 2.05. The van der Waals surface area contributed by atoms with Crippen molar-refractivity contribution >= 4 is 12.0 Å². The average molecular weight is 232 g/mol. The van der Waals surface area contributed by atoms with Crippen molar-refractivity contribution in [3.05, 3.63) is 0 Å². The van der Waals surface area contributed by atoms with Crippen LogP contribution in [0.25, 0.3) is 0 Å². The van der Waals surface area contributed by atoms with Crippen LogP contribution in [-0.2, 0) is 9.53 Å². The molecular weight excluding hydrogens is 208 g/mol. The zero-order valence-corrected chi connectivity index (χ0v) is 11.4. The van der Waals surface area contributed by atoms with E-state index in [0.29, 0.717) is 0 Å². The SMILES string of the molecule is CC.CN(C)C(=O)CNC(=O)OC(C)(C)C. The van der Waals surface area contributed by atoms with E-state index in [-0.39, 0.29) is 12.5 Å². The van der Waals surface area contributed by atoms with Crippen molar-refractivity contribution in [1.29, 1.82) is 0 Å². The van der Waals surface area contributed by atoms with E-state index in [1.165, 1.54) is 4.90 Å². The predicted octanol–water partition coefficient (Wildman–Crippen LogP) is 1.63. The zero-order valence-electron chi connectivity index (χ0n) is 11.4. The molecule has 0 aromatic rings. The largest absolute Gasteiger partial charge is 0.444 e. The number of ether oxygens (including phenoxy) is 1. The van der Waals surface area contributed by atoms with Crippen LogP contribution in [0.4, 0.5) is 4.79 Å². The van der Waals surface area contributed by atoms with Gasteiger partial charge in [-0.25, -0.2) is 4.79 Å². The molecule has 0 bridgehead atoms. The number of rotatable bonds is 2. The van der Waals surface area contributed by atoms with Crippen molar-refractivity contribution in [2.24, 2.45) is 0 Å². The summed E-state index contributed by atoms with van der Waals surface area (Å²) in [5, 5.41) is 2.37. The lowest BCUT2D eigenvalue weighted by Crippen LogP contribution is -2.39. The predicted molar refractivity (Wildman–Crippen MR) is 64.3 cm³/mol. The maximum absolute atomic E-state index is 11.1. The van der Waals surface area contributed by atoms with Crippen LogP contribution >= 0.6 is 0 Å². The third-order valence-corrected chi connectivity index (χ3v) is 1.28. The van der Waals surface area contributed by atoms with E-state index >= 15 is 0 Å². The molecule has 0 aromatic heterocycles. The van der Waals surface area contributed by atoms with Crippen molar-refractivity contribution in [1.82, 2.24) is 10.2 Å². The van der Waals surface area contributed by atoms with Crippen LogP contribution in [0.2, 0.25) is 0 Å². The topological polar surface area (TPSA) is 58.6 Å². The molecule has 0 rings (SSSR count). The minimum absolute atomic E-state index is 0.0398. The zero-order chi connectivity index (χ0) is 13.4. The Labute approximate surface area is 98.1 Å². The fraction of sp³-hybridized carbons (Fsp3) is 0.818. The third-order valence-electron chi connectivity index (χ3n) is 1.28. The second kappa shape index (κ2) is 7.96. The second-order valence-corrected chi connectivity index (χ2v) is 4.14. The van der Waals surface area contributed by atoms with Crippen molar-refractivity contribution in [3.63, 3.8) is 0 Å². The molecule has 0 saturated carbocycles. The van der Waals surface area contributed by atoms with E-state index in [0.717, 1.165) is 0 Å². The van der Waals surface area contributed by atoms with E-state index in [2.05, 4.69) is 5.32 Å². The maximum atomic E-state index is 11.1. The van der Waals surface area contributed by atoms with Gasteiger partial charge in [-0.3, -0.25) is 4.79 Å². The monoisotopic (exact) mass is 232 g/mol.